The van der Waals surface area contributed by atoms with E-state index in [0.717, 1.165) is 5.56 Å². The molecule has 0 bridgehead atoms. The molecule has 3 N–H and O–H groups in total. The molecule has 106 valence electrons. The van der Waals surface area contributed by atoms with Crippen molar-refractivity contribution in [3.63, 3.8) is 0 Å². The minimum atomic E-state index is -1.01. The van der Waals surface area contributed by atoms with Crippen LogP contribution in [0.4, 0.5) is 0 Å². The van der Waals surface area contributed by atoms with Gasteiger partial charge in [-0.15, -0.1) is 0 Å². The average Bonchev–Trinajstić information content (AvgIpc) is 2.24. The second-order valence-corrected chi connectivity index (χ2v) is 5.44. The minimum absolute atomic E-state index is 0.0512. The molecule has 0 aliphatic carbocycles. The molecule has 0 spiro atoms. The molecular weight excluding hydrogens is 244 g/mol. The Kier molecular flexibility index (Phi) is 4.91. The summed E-state index contributed by atoms with van der Waals surface area (Å²) in [6.07, 6.45) is 0. The highest BCUT2D eigenvalue weighted by Crippen LogP contribution is 2.18. The van der Waals surface area contributed by atoms with Gasteiger partial charge in [0.2, 0.25) is 0 Å². The van der Waals surface area contributed by atoms with Crippen molar-refractivity contribution in [1.29, 1.82) is 0 Å². The van der Waals surface area contributed by atoms with Crippen molar-refractivity contribution in [3.8, 4) is 5.75 Å². The van der Waals surface area contributed by atoms with Gasteiger partial charge in [0, 0.05) is 13.1 Å². The number of carbonyl (C=O) groups is 1. The number of rotatable bonds is 5. The van der Waals surface area contributed by atoms with Gasteiger partial charge in [-0.2, -0.15) is 0 Å². The zero-order chi connectivity index (χ0) is 14.6. The van der Waals surface area contributed by atoms with Crippen molar-refractivity contribution in [1.82, 2.24) is 10.2 Å². The molecule has 0 saturated heterocycles. The highest BCUT2D eigenvalue weighted by atomic mass is 16.3. The predicted octanol–water partition coefficient (Wildman–Crippen LogP) is 0.743. The molecule has 0 aliphatic rings. The van der Waals surface area contributed by atoms with Crippen LogP contribution in [0.25, 0.3) is 0 Å². The Hall–Kier alpha value is -1.59. The van der Waals surface area contributed by atoms with Gasteiger partial charge in [0.1, 0.15) is 5.75 Å². The summed E-state index contributed by atoms with van der Waals surface area (Å²) in [6.45, 7) is 4.05. The zero-order valence-electron chi connectivity index (χ0n) is 11.9. The molecule has 0 aliphatic heterocycles. The number of nitrogens with one attached hydrogen (secondary N) is 1. The lowest BCUT2D eigenvalue weighted by Gasteiger charge is -2.27. The third kappa shape index (κ3) is 4.89. The number of amides is 1. The first kappa shape index (κ1) is 15.5. The number of aryl methyl sites for hydroxylation is 1. The molecule has 5 heteroatoms. The summed E-state index contributed by atoms with van der Waals surface area (Å²) in [5.74, 6) is -0.443. The van der Waals surface area contributed by atoms with Crippen LogP contribution in [-0.2, 0) is 0 Å². The first-order valence-electron chi connectivity index (χ1n) is 6.16. The second kappa shape index (κ2) is 6.04. The molecule has 0 radical (unpaired) electrons. The monoisotopic (exact) mass is 266 g/mol. The lowest BCUT2D eigenvalue weighted by Crippen LogP contribution is -2.47. The third-order valence-corrected chi connectivity index (χ3v) is 2.68. The van der Waals surface area contributed by atoms with Crippen molar-refractivity contribution in [2.45, 2.75) is 19.4 Å². The molecule has 19 heavy (non-hydrogen) atoms. The topological polar surface area (TPSA) is 72.8 Å². The molecule has 1 aromatic carbocycles. The molecule has 1 unspecified atom stereocenters. The molecule has 1 rings (SSSR count). The summed E-state index contributed by atoms with van der Waals surface area (Å²) in [6, 6.07) is 4.86. The summed E-state index contributed by atoms with van der Waals surface area (Å²) < 4.78 is 0. The Labute approximate surface area is 113 Å². The maximum absolute atomic E-state index is 11.9. The van der Waals surface area contributed by atoms with Gasteiger partial charge in [-0.25, -0.2) is 0 Å². The van der Waals surface area contributed by atoms with E-state index in [9.17, 15) is 15.0 Å². The van der Waals surface area contributed by atoms with Gasteiger partial charge in [0.15, 0.2) is 0 Å². The molecule has 0 aromatic heterocycles. The smallest absolute Gasteiger partial charge is 0.255 e. The van der Waals surface area contributed by atoms with Crippen molar-refractivity contribution >= 4 is 5.91 Å². The van der Waals surface area contributed by atoms with Gasteiger partial charge >= 0.3 is 0 Å². The van der Waals surface area contributed by atoms with Gasteiger partial charge in [-0.1, -0.05) is 6.07 Å². The van der Waals surface area contributed by atoms with Crippen LogP contribution in [0.5, 0.6) is 5.75 Å². The van der Waals surface area contributed by atoms with Crippen LogP contribution in [0.1, 0.15) is 22.8 Å². The number of likely N-dealkylation sites (N-methyl/N-ethyl adjacent to an activating group) is 1. The normalized spacial score (nSPS) is 14.2. The van der Waals surface area contributed by atoms with Crippen LogP contribution in [0.15, 0.2) is 18.2 Å². The summed E-state index contributed by atoms with van der Waals surface area (Å²) in [5.41, 5.74) is 0.0827. The molecular formula is C14H22N2O3. The number of aliphatic hydroxyl groups is 1. The first-order valence-corrected chi connectivity index (χ1v) is 6.16. The van der Waals surface area contributed by atoms with E-state index in [0.29, 0.717) is 6.54 Å². The number of phenols is 1. The number of hydrogen-bond donors (Lipinski definition) is 3. The van der Waals surface area contributed by atoms with Crippen LogP contribution < -0.4 is 5.32 Å². The van der Waals surface area contributed by atoms with Crippen LogP contribution in [0.3, 0.4) is 0 Å². The van der Waals surface area contributed by atoms with Crippen LogP contribution >= 0.6 is 0 Å². The van der Waals surface area contributed by atoms with E-state index in [2.05, 4.69) is 5.32 Å². The number of benzene rings is 1. The molecule has 5 nitrogen and oxygen atoms in total. The van der Waals surface area contributed by atoms with E-state index in [1.807, 2.05) is 25.9 Å². The fourth-order valence-corrected chi connectivity index (χ4v) is 1.94. The standard InChI is InChI=1S/C14H22N2O3/c1-10-5-6-11(12(17)7-10)13(18)15-8-14(2,19)9-16(3)4/h5-7,17,19H,8-9H2,1-4H3,(H,15,18). The van der Waals surface area contributed by atoms with Gasteiger partial charge in [0.05, 0.1) is 11.2 Å². The Balaban J connectivity index is 2.65. The maximum atomic E-state index is 11.9. The highest BCUT2D eigenvalue weighted by Gasteiger charge is 2.23. The van der Waals surface area contributed by atoms with Gasteiger partial charge < -0.3 is 20.4 Å². The average molecular weight is 266 g/mol. The SMILES string of the molecule is Cc1ccc(C(=O)NCC(C)(O)CN(C)C)c(O)c1. The van der Waals surface area contributed by atoms with E-state index in [-0.39, 0.29) is 17.9 Å². The van der Waals surface area contributed by atoms with Gasteiger partial charge in [-0.3, -0.25) is 4.79 Å². The fourth-order valence-electron chi connectivity index (χ4n) is 1.94. The lowest BCUT2D eigenvalue weighted by molar-refractivity contribution is 0.0325. The van der Waals surface area contributed by atoms with Crippen LogP contribution in [-0.4, -0.2) is 53.8 Å². The lowest BCUT2D eigenvalue weighted by atomic mass is 10.1. The molecule has 0 saturated carbocycles. The Morgan fingerprint density at radius 2 is 2.05 bits per heavy atom. The third-order valence-electron chi connectivity index (χ3n) is 2.68. The van der Waals surface area contributed by atoms with E-state index in [1.54, 1.807) is 19.1 Å². The number of nitrogens with zero attached hydrogens (tertiary/aromatic N) is 1. The number of carbonyl (C=O) groups excluding carboxylic acids is 1. The minimum Gasteiger partial charge on any atom is -0.507 e. The first-order chi connectivity index (χ1) is 8.71. The molecule has 1 amide bonds. The van der Waals surface area contributed by atoms with Crippen molar-refractivity contribution in [2.24, 2.45) is 0 Å². The van der Waals surface area contributed by atoms with E-state index in [1.165, 1.54) is 6.07 Å². The van der Waals surface area contributed by atoms with E-state index < -0.39 is 11.5 Å². The predicted molar refractivity (Wildman–Crippen MR) is 74.4 cm³/mol. The van der Waals surface area contributed by atoms with E-state index in [4.69, 9.17) is 0 Å². The second-order valence-electron chi connectivity index (χ2n) is 5.44. The highest BCUT2D eigenvalue weighted by molar-refractivity contribution is 5.96. The number of aromatic hydroxyl groups is 1. The van der Waals surface area contributed by atoms with Gasteiger partial charge in [0.25, 0.3) is 5.91 Å². The van der Waals surface area contributed by atoms with Crippen molar-refractivity contribution in [2.75, 3.05) is 27.2 Å². The van der Waals surface area contributed by atoms with Crippen molar-refractivity contribution < 1.29 is 15.0 Å². The fraction of sp³-hybridized carbons (Fsp3) is 0.500. The van der Waals surface area contributed by atoms with Crippen LogP contribution in [0.2, 0.25) is 0 Å². The number of hydrogen-bond acceptors (Lipinski definition) is 4. The molecule has 0 heterocycles. The largest absolute Gasteiger partial charge is 0.507 e. The van der Waals surface area contributed by atoms with E-state index >= 15 is 0 Å². The summed E-state index contributed by atoms with van der Waals surface area (Å²) in [5, 5.41) is 22.4. The Morgan fingerprint density at radius 3 is 2.58 bits per heavy atom. The van der Waals surface area contributed by atoms with Gasteiger partial charge in [-0.05, 0) is 45.6 Å². The molecule has 0 fully saturated rings. The molecule has 1 aromatic rings. The number of phenolic OH excluding ortho intramolecular Hbond substituents is 1. The van der Waals surface area contributed by atoms with Crippen molar-refractivity contribution in [3.05, 3.63) is 29.3 Å². The summed E-state index contributed by atoms with van der Waals surface area (Å²) in [4.78, 5) is 13.8. The zero-order valence-corrected chi connectivity index (χ0v) is 11.9. The Morgan fingerprint density at radius 1 is 1.42 bits per heavy atom. The molecule has 1 atom stereocenters. The van der Waals surface area contributed by atoms with Crippen LogP contribution in [0, 0.1) is 6.92 Å². The quantitative estimate of drug-likeness (QED) is 0.735. The maximum Gasteiger partial charge on any atom is 0.255 e. The summed E-state index contributed by atoms with van der Waals surface area (Å²) in [7, 11) is 3.70. The summed E-state index contributed by atoms with van der Waals surface area (Å²) >= 11 is 0. The Bertz CT molecular complexity index is 456.